The standard InChI is InChI=1S/C15H26N4O/c1-4-19-11-14(9-16-19)15(20)17-13(3)10-18-7-5-12(2)6-8-18/h9,11-13H,4-8,10H2,1-3H3,(H,17,20). The van der Waals surface area contributed by atoms with Crippen molar-refractivity contribution in [1.29, 1.82) is 0 Å². The molecule has 20 heavy (non-hydrogen) atoms. The first-order valence-electron chi connectivity index (χ1n) is 7.64. The lowest BCUT2D eigenvalue weighted by Crippen LogP contribution is -2.44. The zero-order chi connectivity index (χ0) is 14.5. The maximum Gasteiger partial charge on any atom is 0.254 e. The Balaban J connectivity index is 1.78. The van der Waals surface area contributed by atoms with E-state index >= 15 is 0 Å². The Kier molecular flexibility index (Phi) is 5.17. The zero-order valence-electron chi connectivity index (χ0n) is 12.8. The molecule has 5 nitrogen and oxygen atoms in total. The summed E-state index contributed by atoms with van der Waals surface area (Å²) in [5.74, 6) is 0.818. The van der Waals surface area contributed by atoms with E-state index in [1.54, 1.807) is 17.1 Å². The Morgan fingerprint density at radius 2 is 2.20 bits per heavy atom. The van der Waals surface area contributed by atoms with E-state index in [1.807, 2.05) is 6.92 Å². The van der Waals surface area contributed by atoms with E-state index in [0.717, 1.165) is 32.1 Å². The highest BCUT2D eigenvalue weighted by molar-refractivity contribution is 5.93. The van der Waals surface area contributed by atoms with E-state index in [2.05, 4.69) is 29.2 Å². The number of likely N-dealkylation sites (tertiary alicyclic amines) is 1. The van der Waals surface area contributed by atoms with Gasteiger partial charge in [-0.05, 0) is 45.7 Å². The molecule has 2 rings (SSSR count). The molecule has 1 aromatic heterocycles. The third-order valence-electron chi connectivity index (χ3n) is 4.01. The van der Waals surface area contributed by atoms with Gasteiger partial charge in [0.25, 0.3) is 5.91 Å². The van der Waals surface area contributed by atoms with E-state index in [-0.39, 0.29) is 11.9 Å². The largest absolute Gasteiger partial charge is 0.348 e. The van der Waals surface area contributed by atoms with Crippen LogP contribution in [0.3, 0.4) is 0 Å². The van der Waals surface area contributed by atoms with Gasteiger partial charge < -0.3 is 10.2 Å². The molecule has 1 amide bonds. The number of hydrogen-bond donors (Lipinski definition) is 1. The molecule has 0 saturated carbocycles. The molecule has 5 heteroatoms. The molecule has 2 heterocycles. The fourth-order valence-corrected chi connectivity index (χ4v) is 2.64. The molecule has 1 atom stereocenters. The van der Waals surface area contributed by atoms with Gasteiger partial charge in [-0.3, -0.25) is 9.48 Å². The van der Waals surface area contributed by atoms with Crippen molar-refractivity contribution in [3.63, 3.8) is 0 Å². The normalized spacial score (nSPS) is 18.9. The summed E-state index contributed by atoms with van der Waals surface area (Å²) in [6, 6.07) is 0.167. The molecule has 1 fully saturated rings. The van der Waals surface area contributed by atoms with Gasteiger partial charge in [0.2, 0.25) is 0 Å². The van der Waals surface area contributed by atoms with Crippen LogP contribution in [-0.2, 0) is 6.54 Å². The van der Waals surface area contributed by atoms with Crippen LogP contribution in [0.1, 0.15) is 44.0 Å². The molecule has 1 N–H and O–H groups in total. The quantitative estimate of drug-likeness (QED) is 0.893. The van der Waals surface area contributed by atoms with Crippen LogP contribution in [0.15, 0.2) is 12.4 Å². The summed E-state index contributed by atoms with van der Waals surface area (Å²) in [4.78, 5) is 14.5. The van der Waals surface area contributed by atoms with Gasteiger partial charge in [0.05, 0.1) is 11.8 Å². The summed E-state index contributed by atoms with van der Waals surface area (Å²) in [6.07, 6.45) is 5.96. The molecule has 1 saturated heterocycles. The number of nitrogens with one attached hydrogen (secondary N) is 1. The van der Waals surface area contributed by atoms with Gasteiger partial charge in [-0.25, -0.2) is 0 Å². The minimum Gasteiger partial charge on any atom is -0.348 e. The second kappa shape index (κ2) is 6.88. The number of aromatic nitrogens is 2. The van der Waals surface area contributed by atoms with Crippen molar-refractivity contribution in [2.24, 2.45) is 5.92 Å². The molecule has 1 aromatic rings. The molecule has 0 aliphatic carbocycles. The van der Waals surface area contributed by atoms with Crippen molar-refractivity contribution in [2.45, 2.75) is 46.2 Å². The van der Waals surface area contributed by atoms with Gasteiger partial charge in [-0.1, -0.05) is 6.92 Å². The number of hydrogen-bond acceptors (Lipinski definition) is 3. The maximum absolute atomic E-state index is 12.1. The van der Waals surface area contributed by atoms with E-state index in [1.165, 1.54) is 12.8 Å². The third kappa shape index (κ3) is 4.07. The summed E-state index contributed by atoms with van der Waals surface area (Å²) in [6.45, 7) is 10.4. The van der Waals surface area contributed by atoms with Crippen molar-refractivity contribution in [3.8, 4) is 0 Å². The molecule has 112 valence electrons. The topological polar surface area (TPSA) is 50.2 Å². The molecule has 1 aliphatic rings. The summed E-state index contributed by atoms with van der Waals surface area (Å²) >= 11 is 0. The molecule has 0 spiro atoms. The van der Waals surface area contributed by atoms with Crippen molar-refractivity contribution in [1.82, 2.24) is 20.0 Å². The van der Waals surface area contributed by atoms with Crippen molar-refractivity contribution < 1.29 is 4.79 Å². The Morgan fingerprint density at radius 3 is 2.80 bits per heavy atom. The van der Waals surface area contributed by atoms with E-state index < -0.39 is 0 Å². The van der Waals surface area contributed by atoms with E-state index in [0.29, 0.717) is 5.56 Å². The Bertz CT molecular complexity index is 435. The number of carbonyl (C=O) groups is 1. The highest BCUT2D eigenvalue weighted by Gasteiger charge is 2.19. The second-order valence-electron chi connectivity index (χ2n) is 5.94. The number of amides is 1. The zero-order valence-corrected chi connectivity index (χ0v) is 12.8. The molecular weight excluding hydrogens is 252 g/mol. The van der Waals surface area contributed by atoms with Crippen molar-refractivity contribution in [3.05, 3.63) is 18.0 Å². The van der Waals surface area contributed by atoms with Gasteiger partial charge in [-0.2, -0.15) is 5.10 Å². The molecule has 1 aliphatic heterocycles. The predicted octanol–water partition coefficient (Wildman–Crippen LogP) is 1.75. The fraction of sp³-hybridized carbons (Fsp3) is 0.733. The first-order valence-corrected chi connectivity index (χ1v) is 7.64. The van der Waals surface area contributed by atoms with Gasteiger partial charge in [-0.15, -0.1) is 0 Å². The Morgan fingerprint density at radius 1 is 1.50 bits per heavy atom. The number of piperidine rings is 1. The number of rotatable bonds is 5. The van der Waals surface area contributed by atoms with E-state index in [4.69, 9.17) is 0 Å². The molecule has 0 bridgehead atoms. The minimum absolute atomic E-state index is 0.0254. The predicted molar refractivity (Wildman–Crippen MR) is 79.7 cm³/mol. The van der Waals surface area contributed by atoms with Crippen molar-refractivity contribution >= 4 is 5.91 Å². The van der Waals surface area contributed by atoms with Gasteiger partial charge in [0.15, 0.2) is 0 Å². The second-order valence-corrected chi connectivity index (χ2v) is 5.94. The summed E-state index contributed by atoms with van der Waals surface area (Å²) in [5, 5.41) is 7.19. The molecule has 1 unspecified atom stereocenters. The van der Waals surface area contributed by atoms with Crippen LogP contribution in [0.2, 0.25) is 0 Å². The van der Waals surface area contributed by atoms with Gasteiger partial charge >= 0.3 is 0 Å². The van der Waals surface area contributed by atoms with Crippen molar-refractivity contribution in [2.75, 3.05) is 19.6 Å². The van der Waals surface area contributed by atoms with Crippen LogP contribution in [-0.4, -0.2) is 46.3 Å². The highest BCUT2D eigenvalue weighted by Crippen LogP contribution is 2.15. The molecule has 0 radical (unpaired) electrons. The fourth-order valence-electron chi connectivity index (χ4n) is 2.64. The lowest BCUT2D eigenvalue weighted by atomic mass is 9.99. The number of aryl methyl sites for hydroxylation is 1. The van der Waals surface area contributed by atoms with Crippen LogP contribution >= 0.6 is 0 Å². The van der Waals surface area contributed by atoms with Crippen LogP contribution < -0.4 is 5.32 Å². The lowest BCUT2D eigenvalue weighted by molar-refractivity contribution is 0.0921. The maximum atomic E-state index is 12.1. The molecule has 0 aromatic carbocycles. The number of nitrogens with zero attached hydrogens (tertiary/aromatic N) is 3. The summed E-state index contributed by atoms with van der Waals surface area (Å²) in [5.41, 5.74) is 0.644. The Hall–Kier alpha value is -1.36. The first-order chi connectivity index (χ1) is 9.58. The summed E-state index contributed by atoms with van der Waals surface area (Å²) in [7, 11) is 0. The average molecular weight is 278 g/mol. The van der Waals surface area contributed by atoms with Crippen LogP contribution in [0.4, 0.5) is 0 Å². The monoisotopic (exact) mass is 278 g/mol. The van der Waals surface area contributed by atoms with E-state index in [9.17, 15) is 4.79 Å². The summed E-state index contributed by atoms with van der Waals surface area (Å²) < 4.78 is 1.77. The van der Waals surface area contributed by atoms with Gasteiger partial charge in [0, 0.05) is 25.3 Å². The third-order valence-corrected chi connectivity index (χ3v) is 4.01. The highest BCUT2D eigenvalue weighted by atomic mass is 16.1. The van der Waals surface area contributed by atoms with Gasteiger partial charge in [0.1, 0.15) is 0 Å². The smallest absolute Gasteiger partial charge is 0.254 e. The minimum atomic E-state index is -0.0254. The lowest BCUT2D eigenvalue weighted by Gasteiger charge is -2.32. The molecular formula is C15H26N4O. The Labute approximate surface area is 121 Å². The number of carbonyl (C=O) groups excluding carboxylic acids is 1. The SMILES string of the molecule is CCn1cc(C(=O)NC(C)CN2CCC(C)CC2)cn1. The van der Waals surface area contributed by atoms with Crippen LogP contribution in [0.25, 0.3) is 0 Å². The first kappa shape index (κ1) is 15.0. The average Bonchev–Trinajstić information content (AvgIpc) is 2.90. The van der Waals surface area contributed by atoms with Crippen LogP contribution in [0, 0.1) is 5.92 Å². The van der Waals surface area contributed by atoms with Crippen LogP contribution in [0.5, 0.6) is 0 Å².